The molecule has 0 fully saturated rings. The van der Waals surface area contributed by atoms with Gasteiger partial charge in [-0.15, -0.1) is 0 Å². The number of hydrogen-bond acceptors (Lipinski definition) is 3. The Bertz CT molecular complexity index is 309. The quantitative estimate of drug-likeness (QED) is 0.753. The van der Waals surface area contributed by atoms with Crippen molar-refractivity contribution in [2.45, 2.75) is 38.8 Å². The van der Waals surface area contributed by atoms with Gasteiger partial charge in [-0.2, -0.15) is 0 Å². The maximum absolute atomic E-state index is 10.1. The highest BCUT2D eigenvalue weighted by molar-refractivity contribution is 6.29. The zero-order valence-electron chi connectivity index (χ0n) is 9.83. The molecular weight excluding hydrogens is 224 g/mol. The zero-order valence-corrected chi connectivity index (χ0v) is 10.6. The first-order valence-corrected chi connectivity index (χ1v) is 6.01. The minimum absolute atomic E-state index is 0.502. The van der Waals surface area contributed by atoms with Crippen LogP contribution in [0.2, 0.25) is 5.15 Å². The maximum Gasteiger partial charge on any atom is 0.129 e. The third-order valence-electron chi connectivity index (χ3n) is 2.89. The second-order valence-corrected chi connectivity index (χ2v) is 4.41. The molecule has 2 N–H and O–H groups in total. The molecule has 0 spiro atoms. The summed E-state index contributed by atoms with van der Waals surface area (Å²) in [5.74, 6) is 0. The van der Waals surface area contributed by atoms with Crippen LogP contribution in [0.4, 0.5) is 0 Å². The predicted molar refractivity (Wildman–Crippen MR) is 66.5 cm³/mol. The number of nitrogens with one attached hydrogen (secondary N) is 1. The molecule has 0 amide bonds. The lowest BCUT2D eigenvalue weighted by atomic mass is 9.97. The summed E-state index contributed by atoms with van der Waals surface area (Å²) in [6.45, 7) is 5.29. The summed E-state index contributed by atoms with van der Waals surface area (Å²) < 4.78 is 0. The Morgan fingerprint density at radius 2 is 2.06 bits per heavy atom. The summed E-state index contributed by atoms with van der Waals surface area (Å²) in [4.78, 5) is 4.00. The number of halogens is 1. The highest BCUT2D eigenvalue weighted by atomic mass is 35.5. The lowest BCUT2D eigenvalue weighted by Crippen LogP contribution is -2.39. The molecule has 1 aromatic rings. The minimum atomic E-state index is -0.597. The highest BCUT2D eigenvalue weighted by Gasteiger charge is 2.20. The summed E-state index contributed by atoms with van der Waals surface area (Å²) in [5, 5.41) is 13.8. The van der Waals surface area contributed by atoms with Gasteiger partial charge >= 0.3 is 0 Å². The van der Waals surface area contributed by atoms with Gasteiger partial charge in [0.1, 0.15) is 5.15 Å². The van der Waals surface area contributed by atoms with Gasteiger partial charge in [-0.05, 0) is 24.5 Å². The van der Waals surface area contributed by atoms with Crippen LogP contribution < -0.4 is 5.32 Å². The number of hydrogen-bond donors (Lipinski definition) is 2. The molecule has 1 rings (SSSR count). The summed E-state index contributed by atoms with van der Waals surface area (Å²) in [6, 6.07) is 3.70. The number of aliphatic hydroxyl groups is 1. The van der Waals surface area contributed by atoms with Crippen LogP contribution in [0.3, 0.4) is 0 Å². The van der Waals surface area contributed by atoms with E-state index < -0.39 is 5.60 Å². The Hall–Kier alpha value is -0.640. The van der Waals surface area contributed by atoms with E-state index >= 15 is 0 Å². The van der Waals surface area contributed by atoms with E-state index in [1.807, 2.05) is 19.9 Å². The smallest absolute Gasteiger partial charge is 0.129 e. The van der Waals surface area contributed by atoms with Crippen LogP contribution in [0.1, 0.15) is 32.3 Å². The van der Waals surface area contributed by atoms with Gasteiger partial charge in [-0.25, -0.2) is 4.98 Å². The average Bonchev–Trinajstić information content (AvgIpc) is 2.31. The molecule has 1 aromatic heterocycles. The van der Waals surface area contributed by atoms with Gasteiger partial charge in [0.25, 0.3) is 0 Å². The van der Waals surface area contributed by atoms with Crippen LogP contribution in [-0.2, 0) is 6.54 Å². The van der Waals surface area contributed by atoms with Crippen molar-refractivity contribution in [2.24, 2.45) is 0 Å². The first-order valence-electron chi connectivity index (χ1n) is 5.63. The number of rotatable bonds is 6. The van der Waals surface area contributed by atoms with Crippen molar-refractivity contribution in [3.63, 3.8) is 0 Å². The fourth-order valence-electron chi connectivity index (χ4n) is 1.45. The van der Waals surface area contributed by atoms with Crippen LogP contribution in [0.5, 0.6) is 0 Å². The van der Waals surface area contributed by atoms with Gasteiger partial charge in [-0.3, -0.25) is 0 Å². The van der Waals surface area contributed by atoms with Crippen molar-refractivity contribution in [3.8, 4) is 0 Å². The van der Waals surface area contributed by atoms with Gasteiger partial charge in [0, 0.05) is 19.3 Å². The lowest BCUT2D eigenvalue weighted by Gasteiger charge is -2.25. The van der Waals surface area contributed by atoms with Crippen molar-refractivity contribution in [2.75, 3.05) is 6.54 Å². The summed E-state index contributed by atoms with van der Waals surface area (Å²) in [5.41, 5.74) is 0.471. The Morgan fingerprint density at radius 1 is 1.38 bits per heavy atom. The van der Waals surface area contributed by atoms with Crippen LogP contribution in [0.15, 0.2) is 18.3 Å². The summed E-state index contributed by atoms with van der Waals surface area (Å²) in [6.07, 6.45) is 3.26. The maximum atomic E-state index is 10.1. The highest BCUT2D eigenvalue weighted by Crippen LogP contribution is 2.13. The molecule has 0 saturated carbocycles. The topological polar surface area (TPSA) is 45.1 Å². The van der Waals surface area contributed by atoms with E-state index in [4.69, 9.17) is 11.6 Å². The number of aromatic nitrogens is 1. The minimum Gasteiger partial charge on any atom is -0.389 e. The largest absolute Gasteiger partial charge is 0.389 e. The molecule has 3 nitrogen and oxygen atoms in total. The number of pyridine rings is 1. The molecule has 0 bridgehead atoms. The van der Waals surface area contributed by atoms with Crippen molar-refractivity contribution in [3.05, 3.63) is 29.0 Å². The Labute approximate surface area is 102 Å². The normalized spacial score (nSPS) is 11.8. The lowest BCUT2D eigenvalue weighted by molar-refractivity contribution is 0.0323. The van der Waals surface area contributed by atoms with Crippen molar-refractivity contribution < 1.29 is 5.11 Å². The molecule has 0 aliphatic heterocycles. The van der Waals surface area contributed by atoms with E-state index in [1.165, 1.54) is 0 Å². The fraction of sp³-hybridized carbons (Fsp3) is 0.583. The Balaban J connectivity index is 2.38. The molecule has 1 heterocycles. The van der Waals surface area contributed by atoms with Crippen LogP contribution in [0, 0.1) is 0 Å². The molecule has 4 heteroatoms. The van der Waals surface area contributed by atoms with Gasteiger partial charge in [-0.1, -0.05) is 31.5 Å². The van der Waals surface area contributed by atoms with E-state index in [9.17, 15) is 5.11 Å². The van der Waals surface area contributed by atoms with E-state index in [0.717, 1.165) is 18.4 Å². The van der Waals surface area contributed by atoms with Crippen molar-refractivity contribution in [1.82, 2.24) is 10.3 Å². The third kappa shape index (κ3) is 4.08. The number of nitrogens with zero attached hydrogens (tertiary/aromatic N) is 1. The molecule has 0 aliphatic carbocycles. The van der Waals surface area contributed by atoms with Gasteiger partial charge in [0.15, 0.2) is 0 Å². The summed E-state index contributed by atoms with van der Waals surface area (Å²) >= 11 is 5.69. The molecule has 0 aliphatic rings. The predicted octanol–water partition coefficient (Wildman–Crippen LogP) is 2.38. The second kappa shape index (κ2) is 6.18. The average molecular weight is 243 g/mol. The standard InChI is InChI=1S/C12H19ClN2O/c1-3-12(16,4-2)9-14-7-10-5-6-11(13)15-8-10/h5-6,8,14,16H,3-4,7,9H2,1-2H3. The van der Waals surface area contributed by atoms with Gasteiger partial charge in [0.05, 0.1) is 5.60 Å². The van der Waals surface area contributed by atoms with Gasteiger partial charge < -0.3 is 10.4 Å². The molecule has 0 aromatic carbocycles. The molecular formula is C12H19ClN2O. The third-order valence-corrected chi connectivity index (χ3v) is 3.11. The summed E-state index contributed by atoms with van der Waals surface area (Å²) in [7, 11) is 0. The van der Waals surface area contributed by atoms with Crippen LogP contribution in [-0.4, -0.2) is 22.2 Å². The van der Waals surface area contributed by atoms with Crippen molar-refractivity contribution >= 4 is 11.6 Å². The zero-order chi connectivity index (χ0) is 12.0. The molecule has 90 valence electrons. The van der Waals surface area contributed by atoms with Crippen molar-refractivity contribution in [1.29, 1.82) is 0 Å². The Morgan fingerprint density at radius 3 is 2.56 bits per heavy atom. The van der Waals surface area contributed by atoms with Gasteiger partial charge in [0.2, 0.25) is 0 Å². The first kappa shape index (κ1) is 13.4. The molecule has 0 radical (unpaired) electrons. The van der Waals surface area contributed by atoms with E-state index in [-0.39, 0.29) is 0 Å². The van der Waals surface area contributed by atoms with Crippen LogP contribution >= 0.6 is 11.6 Å². The second-order valence-electron chi connectivity index (χ2n) is 4.02. The monoisotopic (exact) mass is 242 g/mol. The molecule has 0 unspecified atom stereocenters. The van der Waals surface area contributed by atoms with E-state index in [2.05, 4.69) is 10.3 Å². The molecule has 0 atom stereocenters. The van der Waals surface area contributed by atoms with E-state index in [1.54, 1.807) is 12.3 Å². The molecule has 16 heavy (non-hydrogen) atoms. The SMILES string of the molecule is CCC(O)(CC)CNCc1ccc(Cl)nc1. The van der Waals surface area contributed by atoms with Crippen LogP contribution in [0.25, 0.3) is 0 Å². The first-order chi connectivity index (χ1) is 7.59. The fourth-order valence-corrected chi connectivity index (χ4v) is 1.56. The van der Waals surface area contributed by atoms with E-state index in [0.29, 0.717) is 18.2 Å². The Kier molecular flexibility index (Phi) is 5.19. The molecule has 0 saturated heterocycles.